The standard InChI is InChI=1S/C17H25Cl2N3O/c1-4-22(15-10-5-6-11-21(15)3)17(23)20-12(2)13-8-7-9-14(18)16(13)19/h7-9,12,15H,4-6,10-11H2,1-3H3,(H,20,23)/t12?,15-/m1/s1. The average molecular weight is 358 g/mol. The average Bonchev–Trinajstić information content (AvgIpc) is 2.52. The van der Waals surface area contributed by atoms with E-state index in [1.54, 1.807) is 6.07 Å². The van der Waals surface area contributed by atoms with Crippen molar-refractivity contribution in [2.75, 3.05) is 20.1 Å². The fourth-order valence-electron chi connectivity index (χ4n) is 3.14. The van der Waals surface area contributed by atoms with Gasteiger partial charge in [-0.15, -0.1) is 0 Å². The minimum atomic E-state index is -0.198. The highest BCUT2D eigenvalue weighted by Crippen LogP contribution is 2.30. The smallest absolute Gasteiger partial charge is 0.319 e. The molecule has 2 amide bonds. The first-order valence-electron chi connectivity index (χ1n) is 8.17. The molecule has 0 saturated carbocycles. The molecule has 1 saturated heterocycles. The van der Waals surface area contributed by atoms with Gasteiger partial charge < -0.3 is 10.2 Å². The van der Waals surface area contributed by atoms with Gasteiger partial charge in [0.1, 0.15) is 0 Å². The van der Waals surface area contributed by atoms with E-state index in [2.05, 4.69) is 17.3 Å². The maximum Gasteiger partial charge on any atom is 0.319 e. The Balaban J connectivity index is 2.08. The molecule has 2 rings (SSSR count). The number of nitrogens with zero attached hydrogens (tertiary/aromatic N) is 2. The van der Waals surface area contributed by atoms with Gasteiger partial charge in [0.15, 0.2) is 0 Å². The molecule has 0 spiro atoms. The van der Waals surface area contributed by atoms with E-state index in [1.807, 2.05) is 30.9 Å². The highest BCUT2D eigenvalue weighted by molar-refractivity contribution is 6.42. The van der Waals surface area contributed by atoms with E-state index in [0.717, 1.165) is 24.9 Å². The predicted octanol–water partition coefficient (Wildman–Crippen LogP) is 4.53. The van der Waals surface area contributed by atoms with E-state index in [0.29, 0.717) is 16.6 Å². The maximum absolute atomic E-state index is 12.7. The van der Waals surface area contributed by atoms with E-state index in [-0.39, 0.29) is 18.2 Å². The molecule has 1 heterocycles. The molecular weight excluding hydrogens is 333 g/mol. The second kappa shape index (κ2) is 8.22. The highest BCUT2D eigenvalue weighted by atomic mass is 35.5. The summed E-state index contributed by atoms with van der Waals surface area (Å²) in [7, 11) is 2.08. The summed E-state index contributed by atoms with van der Waals surface area (Å²) >= 11 is 12.3. The number of benzene rings is 1. The van der Waals surface area contributed by atoms with Crippen molar-refractivity contribution >= 4 is 29.2 Å². The molecule has 0 bridgehead atoms. The van der Waals surface area contributed by atoms with Crippen LogP contribution >= 0.6 is 23.2 Å². The van der Waals surface area contributed by atoms with Crippen LogP contribution in [0.4, 0.5) is 4.79 Å². The van der Waals surface area contributed by atoms with E-state index in [1.165, 1.54) is 6.42 Å². The Bertz CT molecular complexity index is 553. The van der Waals surface area contributed by atoms with E-state index >= 15 is 0 Å². The molecule has 0 aromatic heterocycles. The van der Waals surface area contributed by atoms with Crippen LogP contribution in [0.5, 0.6) is 0 Å². The number of amides is 2. The Morgan fingerprint density at radius 3 is 2.83 bits per heavy atom. The predicted molar refractivity (Wildman–Crippen MR) is 96.1 cm³/mol. The zero-order valence-corrected chi connectivity index (χ0v) is 15.5. The quantitative estimate of drug-likeness (QED) is 0.859. The van der Waals surface area contributed by atoms with Crippen LogP contribution in [0, 0.1) is 0 Å². The molecule has 1 unspecified atom stereocenters. The van der Waals surface area contributed by atoms with Crippen LogP contribution in [-0.2, 0) is 0 Å². The third kappa shape index (κ3) is 4.31. The van der Waals surface area contributed by atoms with Crippen LogP contribution in [0.3, 0.4) is 0 Å². The number of rotatable bonds is 4. The molecular formula is C17H25Cl2N3O. The first kappa shape index (κ1) is 18.4. The Morgan fingerprint density at radius 1 is 1.43 bits per heavy atom. The SMILES string of the molecule is CCN(C(=O)NC(C)c1cccc(Cl)c1Cl)[C@@H]1CCCCN1C. The third-order valence-electron chi connectivity index (χ3n) is 4.48. The number of carbonyl (C=O) groups excluding carboxylic acids is 1. The van der Waals surface area contributed by atoms with Crippen molar-refractivity contribution in [3.05, 3.63) is 33.8 Å². The van der Waals surface area contributed by atoms with Crippen LogP contribution in [0.2, 0.25) is 10.0 Å². The number of hydrogen-bond donors (Lipinski definition) is 1. The van der Waals surface area contributed by atoms with Crippen LogP contribution in [0.1, 0.15) is 44.7 Å². The molecule has 1 aliphatic heterocycles. The minimum absolute atomic E-state index is 0.0604. The zero-order valence-electron chi connectivity index (χ0n) is 14.0. The molecule has 6 heteroatoms. The van der Waals surface area contributed by atoms with Gasteiger partial charge >= 0.3 is 6.03 Å². The lowest BCUT2D eigenvalue weighted by Crippen LogP contribution is -2.54. The van der Waals surface area contributed by atoms with E-state index in [9.17, 15) is 4.79 Å². The second-order valence-corrected chi connectivity index (χ2v) is 6.84. The molecule has 1 N–H and O–H groups in total. The Morgan fingerprint density at radius 2 is 2.17 bits per heavy atom. The normalized spacial score (nSPS) is 20.1. The first-order valence-corrected chi connectivity index (χ1v) is 8.92. The molecule has 23 heavy (non-hydrogen) atoms. The van der Waals surface area contributed by atoms with Crippen molar-refractivity contribution in [2.24, 2.45) is 0 Å². The Kier molecular flexibility index (Phi) is 6.57. The van der Waals surface area contributed by atoms with Gasteiger partial charge in [0, 0.05) is 6.54 Å². The van der Waals surface area contributed by atoms with Gasteiger partial charge in [-0.3, -0.25) is 4.90 Å². The van der Waals surface area contributed by atoms with Crippen molar-refractivity contribution in [3.8, 4) is 0 Å². The number of hydrogen-bond acceptors (Lipinski definition) is 2. The summed E-state index contributed by atoms with van der Waals surface area (Å²) in [6, 6.07) is 5.23. The van der Waals surface area contributed by atoms with Crippen molar-refractivity contribution in [3.63, 3.8) is 0 Å². The lowest BCUT2D eigenvalue weighted by molar-refractivity contribution is 0.0575. The highest BCUT2D eigenvalue weighted by Gasteiger charge is 2.28. The summed E-state index contributed by atoms with van der Waals surface area (Å²) in [5, 5.41) is 4.05. The molecule has 128 valence electrons. The first-order chi connectivity index (χ1) is 11.0. The zero-order chi connectivity index (χ0) is 17.0. The van der Waals surface area contributed by atoms with Gasteiger partial charge in [0.05, 0.1) is 22.3 Å². The Hall–Kier alpha value is -0.970. The van der Waals surface area contributed by atoms with Crippen molar-refractivity contribution in [1.29, 1.82) is 0 Å². The van der Waals surface area contributed by atoms with Gasteiger partial charge in [0.2, 0.25) is 0 Å². The van der Waals surface area contributed by atoms with E-state index < -0.39 is 0 Å². The monoisotopic (exact) mass is 357 g/mol. The van der Waals surface area contributed by atoms with Crippen LogP contribution < -0.4 is 5.32 Å². The number of piperidine rings is 1. The number of urea groups is 1. The fourth-order valence-corrected chi connectivity index (χ4v) is 3.61. The summed E-state index contributed by atoms with van der Waals surface area (Å²) in [6.45, 7) is 5.65. The molecule has 0 radical (unpaired) electrons. The van der Waals surface area contributed by atoms with Gasteiger partial charge in [-0.25, -0.2) is 4.79 Å². The number of likely N-dealkylation sites (tertiary alicyclic amines) is 1. The third-order valence-corrected chi connectivity index (χ3v) is 5.31. The van der Waals surface area contributed by atoms with Crippen LogP contribution in [0.15, 0.2) is 18.2 Å². The van der Waals surface area contributed by atoms with Crippen molar-refractivity contribution < 1.29 is 4.79 Å². The number of nitrogens with one attached hydrogen (secondary N) is 1. The lowest BCUT2D eigenvalue weighted by Gasteiger charge is -2.40. The van der Waals surface area contributed by atoms with Gasteiger partial charge in [-0.2, -0.15) is 0 Å². The molecule has 4 nitrogen and oxygen atoms in total. The van der Waals surface area contributed by atoms with Crippen LogP contribution in [-0.4, -0.2) is 42.1 Å². The number of carbonyl (C=O) groups is 1. The Labute approximate surface area is 148 Å². The summed E-state index contributed by atoms with van der Waals surface area (Å²) in [6.07, 6.45) is 3.54. The maximum atomic E-state index is 12.7. The van der Waals surface area contributed by atoms with E-state index in [4.69, 9.17) is 23.2 Å². The van der Waals surface area contributed by atoms with Gasteiger partial charge in [-0.05, 0) is 58.3 Å². The molecule has 2 atom stereocenters. The summed E-state index contributed by atoms with van der Waals surface area (Å²) < 4.78 is 0. The topological polar surface area (TPSA) is 35.6 Å². The molecule has 1 fully saturated rings. The van der Waals surface area contributed by atoms with Crippen LogP contribution in [0.25, 0.3) is 0 Å². The number of halogens is 2. The van der Waals surface area contributed by atoms with Crippen molar-refractivity contribution in [2.45, 2.75) is 45.3 Å². The molecule has 1 aromatic carbocycles. The lowest BCUT2D eigenvalue weighted by atomic mass is 10.1. The molecule has 0 aliphatic carbocycles. The minimum Gasteiger partial charge on any atom is -0.331 e. The van der Waals surface area contributed by atoms with Gasteiger partial charge in [0.25, 0.3) is 0 Å². The van der Waals surface area contributed by atoms with Gasteiger partial charge in [-0.1, -0.05) is 35.3 Å². The second-order valence-electron chi connectivity index (χ2n) is 6.06. The largest absolute Gasteiger partial charge is 0.331 e. The summed E-state index contributed by atoms with van der Waals surface area (Å²) in [5.74, 6) is 0. The summed E-state index contributed by atoms with van der Waals surface area (Å²) in [5.41, 5.74) is 0.834. The van der Waals surface area contributed by atoms with Crippen molar-refractivity contribution in [1.82, 2.24) is 15.1 Å². The molecule has 1 aromatic rings. The summed E-state index contributed by atoms with van der Waals surface area (Å²) in [4.78, 5) is 16.9. The fraction of sp³-hybridized carbons (Fsp3) is 0.588. The molecule has 1 aliphatic rings.